The number of aromatic carboxylic acids is 1. The lowest BCUT2D eigenvalue weighted by Crippen LogP contribution is -2.51. The number of carbonyl (C=O) groups is 2. The number of rotatable bonds is 3. The predicted molar refractivity (Wildman–Crippen MR) is 60.6 cm³/mol. The average Bonchev–Trinajstić information content (AvgIpc) is 2.95. The van der Waals surface area contributed by atoms with Crippen molar-refractivity contribution in [2.24, 2.45) is 0 Å². The quantitative estimate of drug-likeness (QED) is 0.693. The SMILES string of the molecule is Nc1nonc1C(=O)N1CC(n2cc(C(=O)O)nn2)C1. The van der Waals surface area contributed by atoms with Crippen LogP contribution in [0.3, 0.4) is 0 Å². The molecule has 11 nitrogen and oxygen atoms in total. The second-order valence-corrected chi connectivity index (χ2v) is 4.25. The van der Waals surface area contributed by atoms with E-state index in [1.165, 1.54) is 15.8 Å². The highest BCUT2D eigenvalue weighted by Crippen LogP contribution is 2.23. The average molecular weight is 279 g/mol. The third-order valence-corrected chi connectivity index (χ3v) is 2.97. The molecule has 0 unspecified atom stereocenters. The first kappa shape index (κ1) is 12.1. The Morgan fingerprint density at radius 2 is 2.15 bits per heavy atom. The monoisotopic (exact) mass is 279 g/mol. The summed E-state index contributed by atoms with van der Waals surface area (Å²) in [6, 6.07) is -0.124. The largest absolute Gasteiger partial charge is 0.476 e. The molecule has 1 fully saturated rings. The highest BCUT2D eigenvalue weighted by Gasteiger charge is 2.35. The van der Waals surface area contributed by atoms with Crippen LogP contribution >= 0.6 is 0 Å². The number of carbonyl (C=O) groups excluding carboxylic acids is 1. The topological polar surface area (TPSA) is 153 Å². The molecule has 3 N–H and O–H groups in total. The number of nitrogens with two attached hydrogens (primary N) is 1. The Morgan fingerprint density at radius 1 is 1.40 bits per heavy atom. The Kier molecular flexibility index (Phi) is 2.59. The molecule has 0 radical (unpaired) electrons. The number of aromatic nitrogens is 5. The minimum Gasteiger partial charge on any atom is -0.476 e. The van der Waals surface area contributed by atoms with Crippen molar-refractivity contribution in [2.45, 2.75) is 6.04 Å². The van der Waals surface area contributed by atoms with Gasteiger partial charge in [0, 0.05) is 13.1 Å². The smallest absolute Gasteiger partial charge is 0.358 e. The normalized spacial score (nSPS) is 15.1. The first-order chi connectivity index (χ1) is 9.56. The summed E-state index contributed by atoms with van der Waals surface area (Å²) in [7, 11) is 0. The van der Waals surface area contributed by atoms with Crippen molar-refractivity contribution in [3.63, 3.8) is 0 Å². The summed E-state index contributed by atoms with van der Waals surface area (Å²) in [5.74, 6) is -1.60. The molecule has 0 aliphatic carbocycles. The van der Waals surface area contributed by atoms with Crippen molar-refractivity contribution in [1.29, 1.82) is 0 Å². The number of carboxylic acid groups (broad SMARTS) is 1. The number of hydrogen-bond donors (Lipinski definition) is 2. The van der Waals surface area contributed by atoms with Gasteiger partial charge in [-0.3, -0.25) is 4.79 Å². The number of amides is 1. The lowest BCUT2D eigenvalue weighted by molar-refractivity contribution is 0.0487. The Morgan fingerprint density at radius 3 is 2.70 bits per heavy atom. The first-order valence-electron chi connectivity index (χ1n) is 5.58. The Balaban J connectivity index is 1.65. The molecular formula is C9H9N7O4. The predicted octanol–water partition coefficient (Wildman–Crippen LogP) is -1.36. The zero-order chi connectivity index (χ0) is 14.3. The Labute approximate surface area is 110 Å². The van der Waals surface area contributed by atoms with Gasteiger partial charge in [-0.25, -0.2) is 14.1 Å². The fourth-order valence-corrected chi connectivity index (χ4v) is 1.84. The number of likely N-dealkylation sites (tertiary alicyclic amines) is 1. The van der Waals surface area contributed by atoms with Crippen LogP contribution in [0.5, 0.6) is 0 Å². The van der Waals surface area contributed by atoms with Crippen LogP contribution < -0.4 is 5.73 Å². The maximum Gasteiger partial charge on any atom is 0.358 e. The highest BCUT2D eigenvalue weighted by molar-refractivity contribution is 5.96. The molecule has 1 amide bonds. The van der Waals surface area contributed by atoms with Gasteiger partial charge in [0.2, 0.25) is 11.5 Å². The third kappa shape index (κ3) is 1.84. The zero-order valence-electron chi connectivity index (χ0n) is 10.0. The molecule has 1 saturated heterocycles. The summed E-state index contributed by atoms with van der Waals surface area (Å²) in [5, 5.41) is 22.7. The van der Waals surface area contributed by atoms with Crippen LogP contribution in [-0.4, -0.2) is 60.3 Å². The minimum absolute atomic E-state index is 0.0340. The third-order valence-electron chi connectivity index (χ3n) is 2.97. The molecule has 1 aliphatic rings. The number of anilines is 1. The number of nitrogens with zero attached hydrogens (tertiary/aromatic N) is 6. The van der Waals surface area contributed by atoms with Gasteiger partial charge in [-0.15, -0.1) is 5.10 Å². The van der Waals surface area contributed by atoms with Gasteiger partial charge in [0.05, 0.1) is 12.2 Å². The Hall–Kier alpha value is -2.98. The van der Waals surface area contributed by atoms with Crippen molar-refractivity contribution >= 4 is 17.7 Å². The van der Waals surface area contributed by atoms with E-state index in [9.17, 15) is 9.59 Å². The Bertz CT molecular complexity index is 671. The standard InChI is InChI=1S/C9H9N7O4/c10-7-6(12-20-13-7)8(17)15-1-4(2-15)16-3-5(9(18)19)11-14-16/h3-4H,1-2H2,(H2,10,13)(H,18,19). The fourth-order valence-electron chi connectivity index (χ4n) is 1.84. The van der Waals surface area contributed by atoms with Gasteiger partial charge in [-0.1, -0.05) is 5.21 Å². The maximum absolute atomic E-state index is 11.9. The minimum atomic E-state index is -1.15. The first-order valence-corrected chi connectivity index (χ1v) is 5.58. The zero-order valence-corrected chi connectivity index (χ0v) is 10.0. The molecule has 0 spiro atoms. The van der Waals surface area contributed by atoms with Gasteiger partial charge < -0.3 is 15.7 Å². The van der Waals surface area contributed by atoms with Crippen LogP contribution in [-0.2, 0) is 0 Å². The van der Waals surface area contributed by atoms with E-state index in [1.807, 2.05) is 0 Å². The molecule has 104 valence electrons. The molecule has 11 heteroatoms. The van der Waals surface area contributed by atoms with E-state index in [0.29, 0.717) is 13.1 Å². The van der Waals surface area contributed by atoms with Crippen molar-refractivity contribution in [3.05, 3.63) is 17.6 Å². The van der Waals surface area contributed by atoms with Gasteiger partial charge in [-0.05, 0) is 10.3 Å². The number of carboxylic acids is 1. The summed E-state index contributed by atoms with van der Waals surface area (Å²) in [6.45, 7) is 0.709. The van der Waals surface area contributed by atoms with Crippen LogP contribution in [0.2, 0.25) is 0 Å². The van der Waals surface area contributed by atoms with Gasteiger partial charge >= 0.3 is 5.97 Å². The van der Waals surface area contributed by atoms with Crippen molar-refractivity contribution in [2.75, 3.05) is 18.8 Å². The second-order valence-electron chi connectivity index (χ2n) is 4.25. The van der Waals surface area contributed by atoms with E-state index in [4.69, 9.17) is 10.8 Å². The molecule has 1 aliphatic heterocycles. The van der Waals surface area contributed by atoms with Crippen molar-refractivity contribution < 1.29 is 19.3 Å². The van der Waals surface area contributed by atoms with Crippen LogP contribution in [0, 0.1) is 0 Å². The summed E-state index contributed by atoms with van der Waals surface area (Å²) < 4.78 is 5.78. The van der Waals surface area contributed by atoms with Crippen molar-refractivity contribution in [3.8, 4) is 0 Å². The molecule has 3 rings (SSSR count). The van der Waals surface area contributed by atoms with Crippen LogP contribution in [0.1, 0.15) is 27.0 Å². The lowest BCUT2D eigenvalue weighted by atomic mass is 10.1. The molecule has 0 saturated carbocycles. The summed E-state index contributed by atoms with van der Waals surface area (Å²) in [6.07, 6.45) is 1.32. The summed E-state index contributed by atoms with van der Waals surface area (Å²) in [5.41, 5.74) is 5.26. The van der Waals surface area contributed by atoms with E-state index < -0.39 is 11.9 Å². The van der Waals surface area contributed by atoms with E-state index in [1.54, 1.807) is 0 Å². The summed E-state index contributed by atoms with van der Waals surface area (Å²) >= 11 is 0. The molecule has 3 heterocycles. The van der Waals surface area contributed by atoms with Crippen LogP contribution in [0.4, 0.5) is 5.82 Å². The highest BCUT2D eigenvalue weighted by atomic mass is 16.6. The molecule has 20 heavy (non-hydrogen) atoms. The van der Waals surface area contributed by atoms with Gasteiger partial charge in [-0.2, -0.15) is 0 Å². The molecule has 0 atom stereocenters. The summed E-state index contributed by atoms with van der Waals surface area (Å²) in [4.78, 5) is 24.1. The number of nitrogen functional groups attached to an aromatic ring is 1. The van der Waals surface area contributed by atoms with E-state index in [-0.39, 0.29) is 23.2 Å². The van der Waals surface area contributed by atoms with Gasteiger partial charge in [0.25, 0.3) is 5.91 Å². The molecular weight excluding hydrogens is 270 g/mol. The van der Waals surface area contributed by atoms with Gasteiger partial charge in [0.1, 0.15) is 0 Å². The molecule has 0 bridgehead atoms. The second kappa shape index (κ2) is 4.29. The molecule has 2 aromatic heterocycles. The van der Waals surface area contributed by atoms with E-state index >= 15 is 0 Å². The van der Waals surface area contributed by atoms with Crippen LogP contribution in [0.25, 0.3) is 0 Å². The lowest BCUT2D eigenvalue weighted by Gasteiger charge is -2.38. The van der Waals surface area contributed by atoms with E-state index in [0.717, 1.165) is 0 Å². The van der Waals surface area contributed by atoms with Crippen molar-refractivity contribution in [1.82, 2.24) is 30.2 Å². The van der Waals surface area contributed by atoms with Crippen LogP contribution in [0.15, 0.2) is 10.8 Å². The molecule has 0 aromatic carbocycles. The molecule has 2 aromatic rings. The maximum atomic E-state index is 11.9. The van der Waals surface area contributed by atoms with E-state index in [2.05, 4.69) is 25.3 Å². The van der Waals surface area contributed by atoms with Gasteiger partial charge in [0.15, 0.2) is 5.69 Å². The number of hydrogen-bond acceptors (Lipinski definition) is 8. The fraction of sp³-hybridized carbons (Fsp3) is 0.333.